The highest BCUT2D eigenvalue weighted by molar-refractivity contribution is 9.18. The molecule has 0 saturated heterocycles. The van der Waals surface area contributed by atoms with Gasteiger partial charge in [-0.1, -0.05) is 35.5 Å². The number of amides is 1. The number of hydrogen-bond acceptors (Lipinski definition) is 3. The average molecular weight is 283 g/mol. The molecule has 0 saturated carbocycles. The number of oxime groups is 1. The van der Waals surface area contributed by atoms with Gasteiger partial charge in [0.05, 0.1) is 0 Å². The quantitative estimate of drug-likeness (QED) is 0.919. The topological polar surface area (TPSA) is 50.7 Å². The highest BCUT2D eigenvalue weighted by Gasteiger charge is 2.26. The van der Waals surface area contributed by atoms with Gasteiger partial charge in [0.1, 0.15) is 4.62 Å². The van der Waals surface area contributed by atoms with E-state index in [4.69, 9.17) is 4.84 Å². The van der Waals surface area contributed by atoms with E-state index in [1.165, 1.54) is 0 Å². The van der Waals surface area contributed by atoms with Crippen LogP contribution in [0, 0.1) is 0 Å². The molecule has 16 heavy (non-hydrogen) atoms. The van der Waals surface area contributed by atoms with E-state index in [0.29, 0.717) is 17.6 Å². The third kappa shape index (κ3) is 2.82. The third-order valence-corrected chi connectivity index (χ3v) is 2.70. The maximum absolute atomic E-state index is 11.6. The van der Waals surface area contributed by atoms with Crippen molar-refractivity contribution in [2.24, 2.45) is 5.16 Å². The van der Waals surface area contributed by atoms with Gasteiger partial charge in [-0.3, -0.25) is 4.79 Å². The minimum absolute atomic E-state index is 0.137. The van der Waals surface area contributed by atoms with E-state index >= 15 is 0 Å². The van der Waals surface area contributed by atoms with Gasteiger partial charge < -0.3 is 10.2 Å². The van der Waals surface area contributed by atoms with Crippen LogP contribution in [0.1, 0.15) is 12.0 Å². The molecule has 0 radical (unpaired) electrons. The van der Waals surface area contributed by atoms with Crippen molar-refractivity contribution in [3.63, 3.8) is 0 Å². The highest BCUT2D eigenvalue weighted by Crippen LogP contribution is 2.14. The van der Waals surface area contributed by atoms with E-state index in [-0.39, 0.29) is 5.91 Å². The summed E-state index contributed by atoms with van der Waals surface area (Å²) in [7, 11) is 0. The molecule has 1 unspecified atom stereocenters. The molecule has 1 aliphatic rings. The number of rotatable bonds is 3. The normalized spacial score (nSPS) is 18.8. The molecule has 0 aliphatic carbocycles. The highest BCUT2D eigenvalue weighted by atomic mass is 79.9. The van der Waals surface area contributed by atoms with E-state index in [0.717, 1.165) is 5.56 Å². The molecule has 0 spiro atoms. The number of carbonyl (C=O) groups is 1. The molecule has 1 aromatic rings. The molecular weight excluding hydrogens is 272 g/mol. The molecule has 4 nitrogen and oxygen atoms in total. The second-order valence-corrected chi connectivity index (χ2v) is 4.38. The Labute approximate surface area is 102 Å². The van der Waals surface area contributed by atoms with Gasteiger partial charge >= 0.3 is 0 Å². The summed E-state index contributed by atoms with van der Waals surface area (Å²) in [6, 6.07) is 9.74. The number of benzene rings is 1. The zero-order valence-corrected chi connectivity index (χ0v) is 10.1. The van der Waals surface area contributed by atoms with Gasteiger partial charge in [0, 0.05) is 13.0 Å². The van der Waals surface area contributed by atoms with Crippen molar-refractivity contribution in [1.29, 1.82) is 0 Å². The zero-order chi connectivity index (χ0) is 11.4. The van der Waals surface area contributed by atoms with Gasteiger partial charge in [0.25, 0.3) is 5.91 Å². The summed E-state index contributed by atoms with van der Waals surface area (Å²) >= 11 is 3.19. The minimum Gasteiger partial charge on any atom is -0.381 e. The monoisotopic (exact) mass is 282 g/mol. The molecule has 1 aliphatic heterocycles. The van der Waals surface area contributed by atoms with Crippen molar-refractivity contribution in [1.82, 2.24) is 5.32 Å². The molecule has 5 heteroatoms. The lowest BCUT2D eigenvalue weighted by Gasteiger charge is -2.09. The molecule has 1 N–H and O–H groups in total. The Morgan fingerprint density at radius 2 is 2.25 bits per heavy atom. The summed E-state index contributed by atoms with van der Waals surface area (Å²) in [5.41, 5.74) is 1.06. The van der Waals surface area contributed by atoms with Gasteiger partial charge in [-0.25, -0.2) is 0 Å². The summed E-state index contributed by atoms with van der Waals surface area (Å²) in [6.07, 6.45) is -0.00115. The van der Waals surface area contributed by atoms with Gasteiger partial charge in [0.15, 0.2) is 0 Å². The largest absolute Gasteiger partial charge is 0.381 e. The number of halogens is 1. The Bertz CT molecular complexity index is 406. The Morgan fingerprint density at radius 1 is 1.50 bits per heavy atom. The molecule has 84 valence electrons. The maximum atomic E-state index is 11.6. The number of carbonyl (C=O) groups excluding carboxylic acids is 1. The third-order valence-electron chi connectivity index (χ3n) is 2.23. The van der Waals surface area contributed by atoms with Crippen LogP contribution in [0.15, 0.2) is 35.5 Å². The van der Waals surface area contributed by atoms with Gasteiger partial charge in [0.2, 0.25) is 6.10 Å². The predicted octanol–water partition coefficient (Wildman–Crippen LogP) is 1.80. The van der Waals surface area contributed by atoms with E-state index in [1.54, 1.807) is 0 Å². The molecule has 1 amide bonds. The first-order chi connectivity index (χ1) is 7.75. The molecule has 0 bridgehead atoms. The van der Waals surface area contributed by atoms with Crippen LogP contribution in [0.2, 0.25) is 0 Å². The minimum atomic E-state index is -0.502. The van der Waals surface area contributed by atoms with E-state index in [9.17, 15) is 4.79 Å². The Balaban J connectivity index is 1.81. The number of hydrogen-bond donors (Lipinski definition) is 1. The second kappa shape index (κ2) is 5.12. The number of nitrogens with zero attached hydrogens (tertiary/aromatic N) is 1. The van der Waals surface area contributed by atoms with Crippen LogP contribution >= 0.6 is 15.9 Å². The van der Waals surface area contributed by atoms with Crippen LogP contribution < -0.4 is 5.32 Å². The molecule has 1 atom stereocenters. The average Bonchev–Trinajstić information content (AvgIpc) is 2.74. The van der Waals surface area contributed by atoms with Gasteiger partial charge in [-0.2, -0.15) is 0 Å². The first kappa shape index (κ1) is 11.1. The van der Waals surface area contributed by atoms with Crippen LogP contribution in [0.3, 0.4) is 0 Å². The van der Waals surface area contributed by atoms with Crippen molar-refractivity contribution in [3.05, 3.63) is 35.9 Å². The lowest BCUT2D eigenvalue weighted by atomic mass is 10.2. The lowest BCUT2D eigenvalue weighted by molar-refractivity contribution is -0.131. The Hall–Kier alpha value is -1.36. The zero-order valence-electron chi connectivity index (χ0n) is 8.52. The summed E-state index contributed by atoms with van der Waals surface area (Å²) in [6.45, 7) is 0.511. The second-order valence-electron chi connectivity index (χ2n) is 3.47. The standard InChI is InChI=1S/C11H11BrN2O2/c12-10-6-9(16-14-10)11(15)13-7-8-4-2-1-3-5-8/h1-5,9H,6-7H2,(H,13,15). The van der Waals surface area contributed by atoms with Crippen molar-refractivity contribution in [2.45, 2.75) is 19.1 Å². The van der Waals surface area contributed by atoms with Crippen LogP contribution in [-0.4, -0.2) is 16.6 Å². The van der Waals surface area contributed by atoms with E-state index in [1.807, 2.05) is 30.3 Å². The summed E-state index contributed by atoms with van der Waals surface area (Å²) < 4.78 is 0.673. The van der Waals surface area contributed by atoms with Crippen molar-refractivity contribution in [2.75, 3.05) is 0 Å². The van der Waals surface area contributed by atoms with E-state index < -0.39 is 6.10 Å². The molecule has 0 aromatic heterocycles. The molecule has 0 fully saturated rings. The molecular formula is C11H11BrN2O2. The first-order valence-corrected chi connectivity index (χ1v) is 5.75. The van der Waals surface area contributed by atoms with Crippen LogP contribution in [0.5, 0.6) is 0 Å². The molecule has 1 aromatic carbocycles. The summed E-state index contributed by atoms with van der Waals surface area (Å²) in [5.74, 6) is -0.137. The summed E-state index contributed by atoms with van der Waals surface area (Å²) in [4.78, 5) is 16.6. The van der Waals surface area contributed by atoms with Crippen molar-refractivity contribution >= 4 is 26.5 Å². The lowest BCUT2D eigenvalue weighted by Crippen LogP contribution is -2.34. The Kier molecular flexibility index (Phi) is 3.56. The smallest absolute Gasteiger partial charge is 0.264 e. The van der Waals surface area contributed by atoms with Gasteiger partial charge in [-0.05, 0) is 21.5 Å². The van der Waals surface area contributed by atoms with Crippen LogP contribution in [0.25, 0.3) is 0 Å². The van der Waals surface area contributed by atoms with Crippen LogP contribution in [-0.2, 0) is 16.2 Å². The first-order valence-electron chi connectivity index (χ1n) is 4.95. The fourth-order valence-corrected chi connectivity index (χ4v) is 1.77. The maximum Gasteiger partial charge on any atom is 0.264 e. The molecule has 1 heterocycles. The van der Waals surface area contributed by atoms with Crippen molar-refractivity contribution in [3.8, 4) is 0 Å². The predicted molar refractivity (Wildman–Crippen MR) is 64.1 cm³/mol. The van der Waals surface area contributed by atoms with Gasteiger partial charge in [-0.15, -0.1) is 0 Å². The fourth-order valence-electron chi connectivity index (χ4n) is 1.39. The fraction of sp³-hybridized carbons (Fsp3) is 0.273. The number of nitrogens with one attached hydrogen (secondary N) is 1. The molecule has 2 rings (SSSR count). The van der Waals surface area contributed by atoms with Crippen LogP contribution in [0.4, 0.5) is 0 Å². The SMILES string of the molecule is O=C(NCc1ccccc1)C1CC(Br)=NO1. The summed E-state index contributed by atoms with van der Waals surface area (Å²) in [5, 5.41) is 6.47. The Morgan fingerprint density at radius 3 is 2.88 bits per heavy atom. The van der Waals surface area contributed by atoms with E-state index in [2.05, 4.69) is 26.4 Å². The van der Waals surface area contributed by atoms with Crippen molar-refractivity contribution < 1.29 is 9.63 Å².